The Hall–Kier alpha value is -1.76. The fourth-order valence-electron chi connectivity index (χ4n) is 1.44. The minimum absolute atomic E-state index is 0.165. The molecule has 0 bridgehead atoms. The monoisotopic (exact) mass is 263 g/mol. The van der Waals surface area contributed by atoms with Crippen LogP contribution in [0.25, 0.3) is 11.3 Å². The Morgan fingerprint density at radius 2 is 1.76 bits per heavy atom. The predicted octanol–water partition coefficient (Wildman–Crippen LogP) is 3.51. The van der Waals surface area contributed by atoms with Gasteiger partial charge in [-0.3, -0.25) is 0 Å². The summed E-state index contributed by atoms with van der Waals surface area (Å²) in [5.41, 5.74) is 7.24. The minimum atomic E-state index is 0.165. The second-order valence-corrected chi connectivity index (χ2v) is 4.16. The second-order valence-electron chi connectivity index (χ2n) is 3.34. The van der Waals surface area contributed by atoms with Crippen molar-refractivity contribution in [3.63, 3.8) is 0 Å². The highest BCUT2D eigenvalue weighted by molar-refractivity contribution is 6.39. The van der Waals surface area contributed by atoms with Crippen molar-refractivity contribution in [3.05, 3.63) is 46.1 Å². The van der Waals surface area contributed by atoms with Crippen LogP contribution in [0.2, 0.25) is 10.0 Å². The molecule has 5 heteroatoms. The van der Waals surface area contributed by atoms with Gasteiger partial charge >= 0.3 is 0 Å². The Morgan fingerprint density at radius 3 is 2.35 bits per heavy atom. The first-order valence-electron chi connectivity index (χ1n) is 4.74. The number of hydrogen-bond acceptors (Lipinski definition) is 3. The van der Waals surface area contributed by atoms with Gasteiger partial charge in [-0.15, -0.1) is 0 Å². The van der Waals surface area contributed by atoms with Crippen molar-refractivity contribution in [1.82, 2.24) is 4.98 Å². The van der Waals surface area contributed by atoms with E-state index in [1.807, 2.05) is 6.07 Å². The number of nitrogen functional groups attached to an aromatic ring is 1. The number of rotatable bonds is 1. The highest BCUT2D eigenvalue weighted by atomic mass is 35.5. The lowest BCUT2D eigenvalue weighted by Gasteiger charge is -2.07. The summed E-state index contributed by atoms with van der Waals surface area (Å²) in [5.74, 6) is 0. The molecule has 0 aliphatic carbocycles. The molecule has 0 aliphatic rings. The van der Waals surface area contributed by atoms with Crippen molar-refractivity contribution in [2.45, 2.75) is 0 Å². The van der Waals surface area contributed by atoms with E-state index in [9.17, 15) is 0 Å². The van der Waals surface area contributed by atoms with Crippen molar-refractivity contribution in [1.29, 1.82) is 5.26 Å². The van der Waals surface area contributed by atoms with Crippen molar-refractivity contribution in [2.75, 3.05) is 5.73 Å². The molecule has 84 valence electrons. The number of nitriles is 1. The average Bonchev–Trinajstić information content (AvgIpc) is 2.31. The number of nitrogens with zero attached hydrogens (tertiary/aromatic N) is 2. The second kappa shape index (κ2) is 4.62. The number of pyridine rings is 1. The molecule has 0 amide bonds. The molecule has 17 heavy (non-hydrogen) atoms. The maximum Gasteiger partial charge on any atom is 0.164 e. The van der Waals surface area contributed by atoms with Crippen LogP contribution in [-0.4, -0.2) is 4.98 Å². The molecule has 0 saturated heterocycles. The molecule has 0 radical (unpaired) electrons. The standard InChI is InChI=1S/C12H7Cl2N3/c13-7-2-1-3-8(14)12(7)10-5-4-9(16)11(6-15)17-10/h1-5H,16H2. The van der Waals surface area contributed by atoms with Crippen LogP contribution in [-0.2, 0) is 0 Å². The zero-order valence-electron chi connectivity index (χ0n) is 8.61. The summed E-state index contributed by atoms with van der Waals surface area (Å²) in [7, 11) is 0. The van der Waals surface area contributed by atoms with E-state index in [2.05, 4.69) is 4.98 Å². The zero-order chi connectivity index (χ0) is 12.4. The van der Waals surface area contributed by atoms with Crippen LogP contribution in [0.1, 0.15) is 5.69 Å². The van der Waals surface area contributed by atoms with Crippen LogP contribution in [0.15, 0.2) is 30.3 Å². The van der Waals surface area contributed by atoms with Gasteiger partial charge in [-0.05, 0) is 24.3 Å². The molecule has 1 heterocycles. The molecule has 2 N–H and O–H groups in total. The molecule has 2 aromatic rings. The van der Waals surface area contributed by atoms with Gasteiger partial charge in [-0.2, -0.15) is 5.26 Å². The first kappa shape index (κ1) is 11.7. The first-order valence-corrected chi connectivity index (χ1v) is 5.50. The Kier molecular flexibility index (Phi) is 3.19. The summed E-state index contributed by atoms with van der Waals surface area (Å²) in [6, 6.07) is 10.4. The average molecular weight is 264 g/mol. The van der Waals surface area contributed by atoms with Crippen molar-refractivity contribution in [3.8, 4) is 17.3 Å². The van der Waals surface area contributed by atoms with Gasteiger partial charge in [0.2, 0.25) is 0 Å². The van der Waals surface area contributed by atoms with Gasteiger partial charge in [0.05, 0.1) is 21.4 Å². The maximum atomic E-state index is 8.87. The molecule has 0 saturated carbocycles. The molecule has 0 spiro atoms. The van der Waals surface area contributed by atoms with Crippen LogP contribution in [0.3, 0.4) is 0 Å². The van der Waals surface area contributed by atoms with Gasteiger partial charge in [0, 0.05) is 5.56 Å². The largest absolute Gasteiger partial charge is 0.396 e. The number of hydrogen-bond donors (Lipinski definition) is 1. The summed E-state index contributed by atoms with van der Waals surface area (Å²) >= 11 is 12.1. The fraction of sp³-hybridized carbons (Fsp3) is 0. The third kappa shape index (κ3) is 2.19. The summed E-state index contributed by atoms with van der Waals surface area (Å²) in [5, 5.41) is 9.84. The molecular formula is C12H7Cl2N3. The predicted molar refractivity (Wildman–Crippen MR) is 68.8 cm³/mol. The van der Waals surface area contributed by atoms with Crippen LogP contribution in [0.4, 0.5) is 5.69 Å². The first-order chi connectivity index (χ1) is 8.13. The SMILES string of the molecule is N#Cc1nc(-c2c(Cl)cccc2Cl)ccc1N. The Bertz CT molecular complexity index is 597. The van der Waals surface area contributed by atoms with E-state index in [0.717, 1.165) is 0 Å². The van der Waals surface area contributed by atoms with E-state index >= 15 is 0 Å². The van der Waals surface area contributed by atoms with Gasteiger partial charge < -0.3 is 5.73 Å². The van der Waals surface area contributed by atoms with E-state index < -0.39 is 0 Å². The van der Waals surface area contributed by atoms with E-state index in [1.165, 1.54) is 0 Å². The van der Waals surface area contributed by atoms with E-state index in [-0.39, 0.29) is 5.69 Å². The van der Waals surface area contributed by atoms with E-state index in [1.54, 1.807) is 30.3 Å². The highest BCUT2D eigenvalue weighted by Gasteiger charge is 2.11. The third-order valence-electron chi connectivity index (χ3n) is 2.25. The van der Waals surface area contributed by atoms with Crippen LogP contribution < -0.4 is 5.73 Å². The van der Waals surface area contributed by atoms with Gasteiger partial charge in [-0.25, -0.2) is 4.98 Å². The molecule has 0 fully saturated rings. The van der Waals surface area contributed by atoms with Crippen molar-refractivity contribution < 1.29 is 0 Å². The van der Waals surface area contributed by atoms with Crippen molar-refractivity contribution >= 4 is 28.9 Å². The lowest BCUT2D eigenvalue weighted by atomic mass is 10.1. The molecule has 0 unspecified atom stereocenters. The number of aromatic nitrogens is 1. The molecule has 0 atom stereocenters. The lowest BCUT2D eigenvalue weighted by Crippen LogP contribution is -1.96. The van der Waals surface area contributed by atoms with Gasteiger partial charge in [0.25, 0.3) is 0 Å². The zero-order valence-corrected chi connectivity index (χ0v) is 10.1. The van der Waals surface area contributed by atoms with Crippen LogP contribution in [0, 0.1) is 11.3 Å². The summed E-state index contributed by atoms with van der Waals surface area (Å²) in [6.07, 6.45) is 0. The molecule has 0 aliphatic heterocycles. The molecule has 1 aromatic heterocycles. The van der Waals surface area contributed by atoms with Crippen LogP contribution in [0.5, 0.6) is 0 Å². The minimum Gasteiger partial charge on any atom is -0.396 e. The summed E-state index contributed by atoms with van der Waals surface area (Å²) < 4.78 is 0. The van der Waals surface area contributed by atoms with Crippen LogP contribution >= 0.6 is 23.2 Å². The number of benzene rings is 1. The smallest absolute Gasteiger partial charge is 0.164 e. The Morgan fingerprint density at radius 1 is 1.12 bits per heavy atom. The fourth-order valence-corrected chi connectivity index (χ4v) is 2.03. The topological polar surface area (TPSA) is 62.7 Å². The molecule has 3 nitrogen and oxygen atoms in total. The van der Waals surface area contributed by atoms with Gasteiger partial charge in [0.1, 0.15) is 6.07 Å². The van der Waals surface area contributed by atoms with Gasteiger partial charge in [0.15, 0.2) is 5.69 Å². The number of halogens is 2. The lowest BCUT2D eigenvalue weighted by molar-refractivity contribution is 1.27. The maximum absolute atomic E-state index is 8.87. The Balaban J connectivity index is 2.66. The summed E-state index contributed by atoms with van der Waals surface area (Å²) in [6.45, 7) is 0. The quantitative estimate of drug-likeness (QED) is 0.857. The molecule has 1 aromatic carbocycles. The molecular weight excluding hydrogens is 257 g/mol. The highest BCUT2D eigenvalue weighted by Crippen LogP contribution is 2.33. The molecule has 2 rings (SSSR count). The van der Waals surface area contributed by atoms with E-state index in [4.69, 9.17) is 34.2 Å². The Labute approximate surface area is 108 Å². The normalized spacial score (nSPS) is 9.94. The van der Waals surface area contributed by atoms with E-state index in [0.29, 0.717) is 27.0 Å². The summed E-state index contributed by atoms with van der Waals surface area (Å²) in [4.78, 5) is 4.13. The number of anilines is 1. The number of nitrogens with two attached hydrogens (primary N) is 1. The van der Waals surface area contributed by atoms with Gasteiger partial charge in [-0.1, -0.05) is 29.3 Å². The third-order valence-corrected chi connectivity index (χ3v) is 2.88. The van der Waals surface area contributed by atoms with Crippen molar-refractivity contribution in [2.24, 2.45) is 0 Å².